The minimum absolute atomic E-state index is 0.0280. The maximum atomic E-state index is 13.1. The molecule has 2 heterocycles. The minimum atomic E-state index is -4.72. The summed E-state index contributed by atoms with van der Waals surface area (Å²) in [6.07, 6.45) is -4.72. The monoisotopic (exact) mass is 332 g/mol. The lowest BCUT2D eigenvalue weighted by molar-refractivity contribution is -0.138. The molecule has 3 rings (SSSR count). The molecule has 114 valence electrons. The predicted molar refractivity (Wildman–Crippen MR) is 68.0 cm³/mol. The Labute approximate surface area is 122 Å². The number of aromatic nitrogens is 2. The van der Waals surface area contributed by atoms with E-state index in [1.165, 1.54) is 0 Å². The molecule has 0 atom stereocenters. The molecule has 22 heavy (non-hydrogen) atoms. The van der Waals surface area contributed by atoms with Crippen LogP contribution in [0.15, 0.2) is 27.4 Å². The summed E-state index contributed by atoms with van der Waals surface area (Å²) < 4.78 is 55.4. The molecule has 0 radical (unpaired) electrons. The summed E-state index contributed by atoms with van der Waals surface area (Å²) in [4.78, 5) is 11.8. The highest BCUT2D eigenvalue weighted by Crippen LogP contribution is 2.38. The largest absolute Gasteiger partial charge is 0.506 e. The highest BCUT2D eigenvalue weighted by Gasteiger charge is 2.36. The van der Waals surface area contributed by atoms with Crippen LogP contribution in [0.5, 0.6) is 5.75 Å². The molecule has 3 aromatic rings. The van der Waals surface area contributed by atoms with Crippen LogP contribution in [0.3, 0.4) is 0 Å². The van der Waals surface area contributed by atoms with Gasteiger partial charge in [-0.25, -0.2) is 9.18 Å². The van der Waals surface area contributed by atoms with Gasteiger partial charge in [0.25, 0.3) is 0 Å². The van der Waals surface area contributed by atoms with E-state index in [-0.39, 0.29) is 22.3 Å². The van der Waals surface area contributed by atoms with Gasteiger partial charge in [0.05, 0.1) is 5.39 Å². The summed E-state index contributed by atoms with van der Waals surface area (Å²) >= 11 is 0.0917. The third kappa shape index (κ3) is 2.30. The van der Waals surface area contributed by atoms with Gasteiger partial charge in [-0.15, -0.1) is 10.2 Å². The van der Waals surface area contributed by atoms with Crippen molar-refractivity contribution in [3.05, 3.63) is 39.4 Å². The summed E-state index contributed by atoms with van der Waals surface area (Å²) in [6, 6.07) is 3.02. The first kappa shape index (κ1) is 14.4. The average Bonchev–Trinajstić information content (AvgIpc) is 2.87. The van der Waals surface area contributed by atoms with E-state index in [2.05, 4.69) is 10.2 Å². The zero-order valence-electron chi connectivity index (χ0n) is 10.3. The maximum absolute atomic E-state index is 13.1. The lowest BCUT2D eigenvalue weighted by atomic mass is 10.1. The fourth-order valence-corrected chi connectivity index (χ4v) is 2.53. The van der Waals surface area contributed by atoms with Crippen LogP contribution in [-0.4, -0.2) is 15.3 Å². The lowest BCUT2D eigenvalue weighted by Gasteiger charge is -2.03. The number of hydrogen-bond acceptors (Lipinski definition) is 6. The van der Waals surface area contributed by atoms with Crippen LogP contribution in [0.4, 0.5) is 17.6 Å². The van der Waals surface area contributed by atoms with E-state index in [4.69, 9.17) is 4.42 Å². The molecule has 0 amide bonds. The van der Waals surface area contributed by atoms with Crippen LogP contribution in [0, 0.1) is 5.82 Å². The van der Waals surface area contributed by atoms with Gasteiger partial charge in [0.15, 0.2) is 5.01 Å². The summed E-state index contributed by atoms with van der Waals surface area (Å²) in [5, 5.41) is 14.5. The Morgan fingerprint density at radius 3 is 2.59 bits per heavy atom. The highest BCUT2D eigenvalue weighted by molar-refractivity contribution is 7.14. The molecule has 0 spiro atoms. The fourth-order valence-electron chi connectivity index (χ4n) is 1.79. The molecule has 0 aliphatic heterocycles. The topological polar surface area (TPSA) is 76.2 Å². The van der Waals surface area contributed by atoms with Gasteiger partial charge in [0.1, 0.15) is 22.7 Å². The first-order valence-corrected chi connectivity index (χ1v) is 6.45. The Morgan fingerprint density at radius 1 is 1.23 bits per heavy atom. The summed E-state index contributed by atoms with van der Waals surface area (Å²) in [7, 11) is 0. The molecule has 5 nitrogen and oxygen atoms in total. The van der Waals surface area contributed by atoms with Crippen molar-refractivity contribution in [2.24, 2.45) is 0 Å². The molecule has 2 aromatic heterocycles. The Morgan fingerprint density at radius 2 is 1.95 bits per heavy atom. The summed E-state index contributed by atoms with van der Waals surface area (Å²) in [5.41, 5.74) is -1.92. The molecular formula is C12H4F4N2O3S. The van der Waals surface area contributed by atoms with Crippen molar-refractivity contribution in [3.63, 3.8) is 0 Å². The second kappa shape index (κ2) is 4.77. The SMILES string of the molecule is O=c1oc2cc(F)ccc2c(O)c1-c1nnc(C(F)(F)F)s1. The lowest BCUT2D eigenvalue weighted by Crippen LogP contribution is -2.03. The predicted octanol–water partition coefficient (Wildman–Crippen LogP) is 3.18. The normalized spacial score (nSPS) is 12.0. The molecule has 0 bridgehead atoms. The van der Waals surface area contributed by atoms with Gasteiger partial charge in [0.2, 0.25) is 5.01 Å². The first-order valence-electron chi connectivity index (χ1n) is 5.64. The third-order valence-electron chi connectivity index (χ3n) is 2.72. The van der Waals surface area contributed by atoms with Crippen molar-refractivity contribution >= 4 is 22.3 Å². The van der Waals surface area contributed by atoms with Crippen molar-refractivity contribution in [2.75, 3.05) is 0 Å². The van der Waals surface area contributed by atoms with Crippen LogP contribution >= 0.6 is 11.3 Å². The number of rotatable bonds is 1. The molecule has 1 aromatic carbocycles. The third-order valence-corrected chi connectivity index (χ3v) is 3.71. The zero-order valence-corrected chi connectivity index (χ0v) is 11.1. The van der Waals surface area contributed by atoms with Crippen molar-refractivity contribution in [2.45, 2.75) is 6.18 Å². The average molecular weight is 332 g/mol. The summed E-state index contributed by atoms with van der Waals surface area (Å²) in [6.45, 7) is 0. The minimum Gasteiger partial charge on any atom is -0.506 e. The van der Waals surface area contributed by atoms with Gasteiger partial charge >= 0.3 is 11.8 Å². The van der Waals surface area contributed by atoms with Gasteiger partial charge in [0, 0.05) is 6.07 Å². The molecule has 0 unspecified atom stereocenters. The Bertz CT molecular complexity index is 932. The molecule has 0 aliphatic carbocycles. The van der Waals surface area contributed by atoms with E-state index in [0.717, 1.165) is 18.2 Å². The second-order valence-electron chi connectivity index (χ2n) is 4.16. The number of hydrogen-bond donors (Lipinski definition) is 1. The standard InChI is InChI=1S/C12H4F4N2O3S/c13-4-1-2-5-6(3-4)21-10(20)7(8(5)19)9-17-18-11(22-9)12(14,15)16/h1-3,19H. The maximum Gasteiger partial charge on any atom is 0.445 e. The number of nitrogens with zero attached hydrogens (tertiary/aromatic N) is 2. The fraction of sp³-hybridized carbons (Fsp3) is 0.0833. The van der Waals surface area contributed by atoms with E-state index < -0.39 is 38.9 Å². The quantitative estimate of drug-likeness (QED) is 0.547. The van der Waals surface area contributed by atoms with E-state index >= 15 is 0 Å². The number of aromatic hydroxyl groups is 1. The Kier molecular flexibility index (Phi) is 3.13. The van der Waals surface area contributed by atoms with Crippen molar-refractivity contribution in [3.8, 4) is 16.3 Å². The molecule has 0 aliphatic rings. The molecule has 0 saturated heterocycles. The van der Waals surface area contributed by atoms with Gasteiger partial charge in [-0.1, -0.05) is 11.3 Å². The molecule has 0 fully saturated rings. The zero-order chi connectivity index (χ0) is 16.1. The van der Waals surface area contributed by atoms with Crippen LogP contribution in [0.1, 0.15) is 5.01 Å². The van der Waals surface area contributed by atoms with Crippen LogP contribution < -0.4 is 5.63 Å². The van der Waals surface area contributed by atoms with Gasteiger partial charge in [-0.2, -0.15) is 13.2 Å². The van der Waals surface area contributed by atoms with Gasteiger partial charge in [-0.3, -0.25) is 0 Å². The second-order valence-corrected chi connectivity index (χ2v) is 5.14. The van der Waals surface area contributed by atoms with Crippen LogP contribution in [0.2, 0.25) is 0 Å². The Hall–Kier alpha value is -2.49. The Balaban J connectivity index is 2.25. The smallest absolute Gasteiger partial charge is 0.445 e. The molecule has 1 N–H and O–H groups in total. The van der Waals surface area contributed by atoms with E-state index in [9.17, 15) is 27.5 Å². The molecule has 10 heteroatoms. The molecule has 0 saturated carbocycles. The van der Waals surface area contributed by atoms with Gasteiger partial charge in [-0.05, 0) is 12.1 Å². The van der Waals surface area contributed by atoms with Crippen molar-refractivity contribution in [1.82, 2.24) is 10.2 Å². The number of halogens is 4. The van der Waals surface area contributed by atoms with Crippen molar-refractivity contribution in [1.29, 1.82) is 0 Å². The first-order chi connectivity index (χ1) is 10.3. The van der Waals surface area contributed by atoms with Crippen LogP contribution in [-0.2, 0) is 6.18 Å². The number of benzene rings is 1. The highest BCUT2D eigenvalue weighted by atomic mass is 32.1. The van der Waals surface area contributed by atoms with Crippen molar-refractivity contribution < 1.29 is 27.1 Å². The summed E-state index contributed by atoms with van der Waals surface area (Å²) in [5.74, 6) is -1.34. The van der Waals surface area contributed by atoms with Gasteiger partial charge < -0.3 is 9.52 Å². The van der Waals surface area contributed by atoms with Crippen LogP contribution in [0.25, 0.3) is 21.5 Å². The number of alkyl halides is 3. The van der Waals surface area contributed by atoms with E-state index in [1.807, 2.05) is 0 Å². The van der Waals surface area contributed by atoms with E-state index in [0.29, 0.717) is 0 Å². The number of fused-ring (bicyclic) bond motifs is 1. The molecular weight excluding hydrogens is 328 g/mol. The van der Waals surface area contributed by atoms with E-state index in [1.54, 1.807) is 0 Å².